The van der Waals surface area contributed by atoms with Gasteiger partial charge in [0.1, 0.15) is 0 Å². The smallest absolute Gasteiger partial charge is 0.0131 e. The van der Waals surface area contributed by atoms with Crippen LogP contribution in [0.1, 0.15) is 47.0 Å². The second kappa shape index (κ2) is 6.11. The summed E-state index contributed by atoms with van der Waals surface area (Å²) in [7, 11) is 0. The third-order valence-corrected chi connectivity index (χ3v) is 5.44. The molecule has 2 atom stereocenters. The Bertz CT molecular complexity index is 280. The number of rotatable bonds is 3. The maximum Gasteiger partial charge on any atom is 0.0131 e. The van der Waals surface area contributed by atoms with Gasteiger partial charge in [0.05, 0.1) is 0 Å². The summed E-state index contributed by atoms with van der Waals surface area (Å²) >= 11 is 0. The molecule has 1 aliphatic heterocycles. The molecule has 3 heteroatoms. The molecule has 1 heterocycles. The zero-order valence-corrected chi connectivity index (χ0v) is 13.4. The lowest BCUT2D eigenvalue weighted by molar-refractivity contribution is 0.0630. The van der Waals surface area contributed by atoms with E-state index in [0.29, 0.717) is 23.4 Å². The Morgan fingerprint density at radius 3 is 2.37 bits per heavy atom. The summed E-state index contributed by atoms with van der Waals surface area (Å²) < 4.78 is 0. The molecule has 0 aromatic carbocycles. The van der Waals surface area contributed by atoms with Gasteiger partial charge in [-0.25, -0.2) is 0 Å². The van der Waals surface area contributed by atoms with Crippen molar-refractivity contribution < 1.29 is 0 Å². The van der Waals surface area contributed by atoms with Gasteiger partial charge in [0.15, 0.2) is 0 Å². The first kappa shape index (κ1) is 15.3. The molecule has 0 spiro atoms. The summed E-state index contributed by atoms with van der Waals surface area (Å²) in [6.07, 6.45) is 3.98. The number of hydrogen-bond donors (Lipinski definition) is 1. The molecule has 0 amide bonds. The van der Waals surface area contributed by atoms with Gasteiger partial charge in [0.25, 0.3) is 0 Å². The molecule has 0 aromatic heterocycles. The summed E-state index contributed by atoms with van der Waals surface area (Å²) in [5, 5.41) is 0. The molecule has 112 valence electrons. The van der Waals surface area contributed by atoms with E-state index in [-0.39, 0.29) is 0 Å². The first-order valence-corrected chi connectivity index (χ1v) is 8.12. The molecule has 19 heavy (non-hydrogen) atoms. The van der Waals surface area contributed by atoms with Crippen LogP contribution in [0.15, 0.2) is 0 Å². The highest BCUT2D eigenvalue weighted by molar-refractivity contribution is 4.92. The Balaban J connectivity index is 1.82. The van der Waals surface area contributed by atoms with Gasteiger partial charge in [-0.2, -0.15) is 0 Å². The van der Waals surface area contributed by atoms with Crippen molar-refractivity contribution >= 4 is 0 Å². The van der Waals surface area contributed by atoms with Crippen LogP contribution in [-0.2, 0) is 0 Å². The van der Waals surface area contributed by atoms with Crippen molar-refractivity contribution in [2.24, 2.45) is 17.1 Å². The zero-order chi connectivity index (χ0) is 14.0. The fourth-order valence-corrected chi connectivity index (χ4v) is 3.80. The van der Waals surface area contributed by atoms with Crippen LogP contribution >= 0.6 is 0 Å². The normalized spacial score (nSPS) is 33.8. The topological polar surface area (TPSA) is 32.5 Å². The Kier molecular flexibility index (Phi) is 4.91. The van der Waals surface area contributed by atoms with Crippen LogP contribution in [0.3, 0.4) is 0 Å². The van der Waals surface area contributed by atoms with Crippen molar-refractivity contribution in [3.05, 3.63) is 0 Å². The standard InChI is InChI=1S/C16H33N3/c1-13(2)19-10-8-18(9-11-19)12-14-6-5-7-16(3,4)15(14)17/h13-15H,5-12,17H2,1-4H3. The molecular formula is C16H33N3. The zero-order valence-electron chi connectivity index (χ0n) is 13.4. The molecule has 2 rings (SSSR count). The van der Waals surface area contributed by atoms with Crippen LogP contribution in [0.25, 0.3) is 0 Å². The second-order valence-electron chi connectivity index (χ2n) is 7.60. The number of nitrogens with two attached hydrogens (primary N) is 1. The van der Waals surface area contributed by atoms with Gasteiger partial charge in [0.2, 0.25) is 0 Å². The van der Waals surface area contributed by atoms with Crippen LogP contribution < -0.4 is 5.73 Å². The molecule has 0 bridgehead atoms. The summed E-state index contributed by atoms with van der Waals surface area (Å²) in [6, 6.07) is 1.07. The SMILES string of the molecule is CC(C)N1CCN(CC2CCCC(C)(C)C2N)CC1. The third-order valence-electron chi connectivity index (χ3n) is 5.44. The van der Waals surface area contributed by atoms with Crippen molar-refractivity contribution in [2.75, 3.05) is 32.7 Å². The Morgan fingerprint density at radius 2 is 1.79 bits per heavy atom. The molecule has 0 aromatic rings. The Hall–Kier alpha value is -0.120. The van der Waals surface area contributed by atoms with Gasteiger partial charge >= 0.3 is 0 Å². The van der Waals surface area contributed by atoms with E-state index in [1.165, 1.54) is 52.0 Å². The average Bonchev–Trinajstić information content (AvgIpc) is 2.35. The van der Waals surface area contributed by atoms with E-state index in [0.717, 1.165) is 0 Å². The highest BCUT2D eigenvalue weighted by Gasteiger charge is 2.37. The van der Waals surface area contributed by atoms with Crippen LogP contribution in [0, 0.1) is 11.3 Å². The van der Waals surface area contributed by atoms with Crippen molar-refractivity contribution in [1.29, 1.82) is 0 Å². The summed E-state index contributed by atoms with van der Waals surface area (Å²) in [5.41, 5.74) is 6.85. The van der Waals surface area contributed by atoms with Gasteiger partial charge in [-0.1, -0.05) is 20.3 Å². The first-order valence-electron chi connectivity index (χ1n) is 8.12. The highest BCUT2D eigenvalue weighted by Crippen LogP contribution is 2.38. The molecule has 2 fully saturated rings. The van der Waals surface area contributed by atoms with E-state index in [4.69, 9.17) is 5.73 Å². The van der Waals surface area contributed by atoms with Gasteiger partial charge in [0, 0.05) is 44.8 Å². The fourth-order valence-electron chi connectivity index (χ4n) is 3.80. The minimum Gasteiger partial charge on any atom is -0.327 e. The molecule has 2 N–H and O–H groups in total. The number of hydrogen-bond acceptors (Lipinski definition) is 3. The summed E-state index contributed by atoms with van der Waals surface area (Å²) in [4.78, 5) is 5.23. The summed E-state index contributed by atoms with van der Waals surface area (Å²) in [5.74, 6) is 0.703. The van der Waals surface area contributed by atoms with Crippen molar-refractivity contribution in [1.82, 2.24) is 9.80 Å². The Labute approximate surface area is 119 Å². The quantitative estimate of drug-likeness (QED) is 0.850. The monoisotopic (exact) mass is 267 g/mol. The summed E-state index contributed by atoms with van der Waals surface area (Å²) in [6.45, 7) is 15.4. The predicted molar refractivity (Wildman–Crippen MR) is 82.2 cm³/mol. The molecule has 1 saturated heterocycles. The first-order chi connectivity index (χ1) is 8.90. The second-order valence-corrected chi connectivity index (χ2v) is 7.60. The van der Waals surface area contributed by atoms with Crippen LogP contribution in [0.4, 0.5) is 0 Å². The molecule has 2 aliphatic rings. The average molecular weight is 267 g/mol. The van der Waals surface area contributed by atoms with Gasteiger partial charge in [-0.15, -0.1) is 0 Å². The lowest BCUT2D eigenvalue weighted by Gasteiger charge is -2.45. The van der Waals surface area contributed by atoms with Gasteiger partial charge < -0.3 is 10.6 Å². The van der Waals surface area contributed by atoms with Crippen molar-refractivity contribution in [3.8, 4) is 0 Å². The molecule has 1 aliphatic carbocycles. The highest BCUT2D eigenvalue weighted by atomic mass is 15.3. The van der Waals surface area contributed by atoms with Gasteiger partial charge in [-0.3, -0.25) is 4.90 Å². The maximum absolute atomic E-state index is 6.51. The van der Waals surface area contributed by atoms with E-state index in [2.05, 4.69) is 37.5 Å². The third kappa shape index (κ3) is 3.71. The van der Waals surface area contributed by atoms with Crippen molar-refractivity contribution in [3.63, 3.8) is 0 Å². The fraction of sp³-hybridized carbons (Fsp3) is 1.00. The number of nitrogens with zero attached hydrogens (tertiary/aromatic N) is 2. The molecular weight excluding hydrogens is 234 g/mol. The van der Waals surface area contributed by atoms with E-state index in [9.17, 15) is 0 Å². The van der Waals surface area contributed by atoms with E-state index in [1.807, 2.05) is 0 Å². The number of piperazine rings is 1. The largest absolute Gasteiger partial charge is 0.327 e. The molecule has 3 nitrogen and oxygen atoms in total. The Morgan fingerprint density at radius 1 is 1.16 bits per heavy atom. The van der Waals surface area contributed by atoms with Gasteiger partial charge in [-0.05, 0) is 38.0 Å². The lowest BCUT2D eigenvalue weighted by atomic mass is 9.68. The molecule has 0 radical (unpaired) electrons. The molecule has 1 saturated carbocycles. The van der Waals surface area contributed by atoms with E-state index < -0.39 is 0 Å². The molecule has 2 unspecified atom stereocenters. The predicted octanol–water partition coefficient (Wildman–Crippen LogP) is 2.17. The minimum atomic E-state index is 0.336. The van der Waals surface area contributed by atoms with Crippen LogP contribution in [0.5, 0.6) is 0 Å². The lowest BCUT2D eigenvalue weighted by Crippen LogP contribution is -2.54. The van der Waals surface area contributed by atoms with Crippen molar-refractivity contribution in [2.45, 2.75) is 59.0 Å². The maximum atomic E-state index is 6.51. The van der Waals surface area contributed by atoms with E-state index in [1.54, 1.807) is 0 Å². The minimum absolute atomic E-state index is 0.336. The van der Waals surface area contributed by atoms with Crippen LogP contribution in [-0.4, -0.2) is 54.6 Å². The van der Waals surface area contributed by atoms with E-state index >= 15 is 0 Å². The van der Waals surface area contributed by atoms with Crippen LogP contribution in [0.2, 0.25) is 0 Å².